The Hall–Kier alpha value is -1.06. The van der Waals surface area contributed by atoms with Crippen molar-refractivity contribution >= 4 is 5.69 Å². The zero-order valence-electron chi connectivity index (χ0n) is 10.6. The number of anilines is 1. The minimum Gasteiger partial charge on any atom is -0.389 e. The molecule has 3 nitrogen and oxygen atoms in total. The van der Waals surface area contributed by atoms with Crippen LogP contribution in [0.15, 0.2) is 24.3 Å². The van der Waals surface area contributed by atoms with E-state index in [4.69, 9.17) is 0 Å². The fraction of sp³-hybridized carbons (Fsp3) is 0.538. The van der Waals surface area contributed by atoms with Crippen LogP contribution in [0.5, 0.6) is 0 Å². The minimum atomic E-state index is -0.388. The van der Waals surface area contributed by atoms with Crippen LogP contribution in [0.4, 0.5) is 5.69 Å². The summed E-state index contributed by atoms with van der Waals surface area (Å²) in [5.74, 6) is 0. The monoisotopic (exact) mass is 222 g/mol. The molecule has 0 heterocycles. The number of nitrogens with zero attached hydrogens (tertiary/aromatic N) is 2. The van der Waals surface area contributed by atoms with Crippen molar-refractivity contribution in [1.82, 2.24) is 4.90 Å². The highest BCUT2D eigenvalue weighted by Crippen LogP contribution is 2.17. The quantitative estimate of drug-likeness (QED) is 0.822. The molecule has 0 radical (unpaired) electrons. The Bertz CT molecular complexity index is 306. The smallest absolute Gasteiger partial charge is 0.0761 e. The van der Waals surface area contributed by atoms with Crippen molar-refractivity contribution in [3.05, 3.63) is 29.8 Å². The Morgan fingerprint density at radius 2 is 1.62 bits per heavy atom. The highest BCUT2D eigenvalue weighted by atomic mass is 16.3. The molecule has 0 saturated heterocycles. The lowest BCUT2D eigenvalue weighted by Gasteiger charge is -2.22. The van der Waals surface area contributed by atoms with Gasteiger partial charge in [-0.05, 0) is 38.7 Å². The van der Waals surface area contributed by atoms with Gasteiger partial charge in [-0.25, -0.2) is 0 Å². The maximum absolute atomic E-state index is 9.41. The van der Waals surface area contributed by atoms with Gasteiger partial charge in [0.2, 0.25) is 0 Å². The van der Waals surface area contributed by atoms with Gasteiger partial charge in [0.15, 0.2) is 0 Å². The van der Waals surface area contributed by atoms with Crippen molar-refractivity contribution in [2.45, 2.75) is 13.0 Å². The molecule has 0 aliphatic heterocycles. The summed E-state index contributed by atoms with van der Waals surface area (Å²) in [4.78, 5) is 4.38. The second kappa shape index (κ2) is 5.87. The van der Waals surface area contributed by atoms with Crippen molar-refractivity contribution in [1.29, 1.82) is 0 Å². The van der Waals surface area contributed by atoms with Gasteiger partial charge in [-0.2, -0.15) is 0 Å². The SMILES string of the molecule is CC(O)c1ccc(N(C)CCN(C)C)cc1. The molecule has 0 saturated carbocycles. The molecule has 0 aliphatic carbocycles. The van der Waals surface area contributed by atoms with E-state index < -0.39 is 0 Å². The topological polar surface area (TPSA) is 26.7 Å². The van der Waals surface area contributed by atoms with E-state index in [-0.39, 0.29) is 6.10 Å². The highest BCUT2D eigenvalue weighted by Gasteiger charge is 2.03. The molecular weight excluding hydrogens is 200 g/mol. The summed E-state index contributed by atoms with van der Waals surface area (Å²) in [6.45, 7) is 3.82. The van der Waals surface area contributed by atoms with E-state index in [0.717, 1.165) is 18.7 Å². The predicted octanol–water partition coefficient (Wildman–Crippen LogP) is 1.74. The van der Waals surface area contributed by atoms with Crippen molar-refractivity contribution in [3.8, 4) is 0 Å². The van der Waals surface area contributed by atoms with Gasteiger partial charge in [0.05, 0.1) is 6.10 Å². The summed E-state index contributed by atoms with van der Waals surface area (Å²) in [5.41, 5.74) is 2.15. The molecule has 1 atom stereocenters. The maximum atomic E-state index is 9.41. The first-order valence-corrected chi connectivity index (χ1v) is 5.64. The van der Waals surface area contributed by atoms with E-state index in [1.54, 1.807) is 6.92 Å². The molecule has 90 valence electrons. The second-order valence-corrected chi connectivity index (χ2v) is 4.49. The Labute approximate surface area is 98.3 Å². The van der Waals surface area contributed by atoms with Crippen molar-refractivity contribution in [2.75, 3.05) is 39.1 Å². The third kappa shape index (κ3) is 3.83. The second-order valence-electron chi connectivity index (χ2n) is 4.49. The lowest BCUT2D eigenvalue weighted by Crippen LogP contribution is -2.28. The minimum absolute atomic E-state index is 0.388. The lowest BCUT2D eigenvalue weighted by molar-refractivity contribution is 0.199. The fourth-order valence-corrected chi connectivity index (χ4v) is 1.49. The van der Waals surface area contributed by atoms with E-state index in [2.05, 4.69) is 43.1 Å². The van der Waals surface area contributed by atoms with Gasteiger partial charge in [0.25, 0.3) is 0 Å². The number of aliphatic hydroxyl groups is 1. The molecule has 1 unspecified atom stereocenters. The molecule has 1 rings (SSSR count). The van der Waals surface area contributed by atoms with Gasteiger partial charge in [-0.1, -0.05) is 12.1 Å². The molecular formula is C13H22N2O. The normalized spacial score (nSPS) is 12.9. The Morgan fingerprint density at radius 3 is 2.06 bits per heavy atom. The molecule has 16 heavy (non-hydrogen) atoms. The third-order valence-corrected chi connectivity index (χ3v) is 2.70. The average Bonchev–Trinajstić information content (AvgIpc) is 2.26. The molecule has 0 bridgehead atoms. The van der Waals surface area contributed by atoms with E-state index in [1.807, 2.05) is 12.1 Å². The molecule has 0 aliphatic rings. The summed E-state index contributed by atoms with van der Waals surface area (Å²) in [6.07, 6.45) is -0.388. The van der Waals surface area contributed by atoms with Crippen molar-refractivity contribution in [3.63, 3.8) is 0 Å². The molecule has 0 amide bonds. The molecule has 1 aromatic rings. The Balaban J connectivity index is 2.59. The first-order valence-electron chi connectivity index (χ1n) is 5.64. The summed E-state index contributed by atoms with van der Waals surface area (Å²) in [7, 11) is 6.23. The number of likely N-dealkylation sites (N-methyl/N-ethyl adjacent to an activating group) is 2. The number of aliphatic hydroxyl groups excluding tert-OH is 1. The maximum Gasteiger partial charge on any atom is 0.0761 e. The zero-order valence-corrected chi connectivity index (χ0v) is 10.6. The largest absolute Gasteiger partial charge is 0.389 e. The molecule has 1 aromatic carbocycles. The zero-order chi connectivity index (χ0) is 12.1. The Kier molecular flexibility index (Phi) is 4.77. The lowest BCUT2D eigenvalue weighted by atomic mass is 10.1. The molecule has 0 aromatic heterocycles. The van der Waals surface area contributed by atoms with Gasteiger partial charge in [0, 0.05) is 25.8 Å². The van der Waals surface area contributed by atoms with E-state index in [0.29, 0.717) is 0 Å². The van der Waals surface area contributed by atoms with Gasteiger partial charge >= 0.3 is 0 Å². The Morgan fingerprint density at radius 1 is 1.06 bits per heavy atom. The average molecular weight is 222 g/mol. The third-order valence-electron chi connectivity index (χ3n) is 2.70. The predicted molar refractivity (Wildman–Crippen MR) is 68.9 cm³/mol. The van der Waals surface area contributed by atoms with Crippen LogP contribution in [0.2, 0.25) is 0 Å². The highest BCUT2D eigenvalue weighted by molar-refractivity contribution is 5.47. The van der Waals surface area contributed by atoms with Crippen LogP contribution in [0.25, 0.3) is 0 Å². The first-order chi connectivity index (χ1) is 7.50. The van der Waals surface area contributed by atoms with Gasteiger partial charge in [-0.3, -0.25) is 0 Å². The van der Waals surface area contributed by atoms with Crippen LogP contribution in [0, 0.1) is 0 Å². The van der Waals surface area contributed by atoms with Crippen LogP contribution in [-0.2, 0) is 0 Å². The molecule has 0 fully saturated rings. The van der Waals surface area contributed by atoms with Gasteiger partial charge in [-0.15, -0.1) is 0 Å². The summed E-state index contributed by atoms with van der Waals surface area (Å²) in [6, 6.07) is 8.06. The summed E-state index contributed by atoms with van der Waals surface area (Å²) < 4.78 is 0. The number of rotatable bonds is 5. The van der Waals surface area contributed by atoms with Gasteiger partial charge < -0.3 is 14.9 Å². The molecule has 1 N–H and O–H groups in total. The number of hydrogen-bond donors (Lipinski definition) is 1. The standard InChI is InChI=1S/C13H22N2O/c1-11(16)12-5-7-13(8-6-12)15(4)10-9-14(2)3/h5-8,11,16H,9-10H2,1-4H3. The van der Waals surface area contributed by atoms with E-state index in [1.165, 1.54) is 5.69 Å². The van der Waals surface area contributed by atoms with E-state index >= 15 is 0 Å². The van der Waals surface area contributed by atoms with Crippen LogP contribution in [0.1, 0.15) is 18.6 Å². The van der Waals surface area contributed by atoms with Crippen molar-refractivity contribution < 1.29 is 5.11 Å². The first kappa shape index (κ1) is 13.0. The van der Waals surface area contributed by atoms with Crippen LogP contribution < -0.4 is 4.90 Å². The summed E-state index contributed by atoms with van der Waals surface area (Å²) in [5, 5.41) is 9.41. The number of benzene rings is 1. The van der Waals surface area contributed by atoms with Crippen LogP contribution in [-0.4, -0.2) is 44.2 Å². The van der Waals surface area contributed by atoms with E-state index in [9.17, 15) is 5.11 Å². The molecule has 3 heteroatoms. The molecule has 0 spiro atoms. The van der Waals surface area contributed by atoms with Crippen LogP contribution >= 0.6 is 0 Å². The van der Waals surface area contributed by atoms with Crippen molar-refractivity contribution in [2.24, 2.45) is 0 Å². The van der Waals surface area contributed by atoms with Crippen LogP contribution in [0.3, 0.4) is 0 Å². The summed E-state index contributed by atoms with van der Waals surface area (Å²) >= 11 is 0. The van der Waals surface area contributed by atoms with Gasteiger partial charge in [0.1, 0.15) is 0 Å². The fourth-order valence-electron chi connectivity index (χ4n) is 1.49. The number of hydrogen-bond acceptors (Lipinski definition) is 3.